The molecule has 0 radical (unpaired) electrons. The van der Waals surface area contributed by atoms with Gasteiger partial charge in [-0.15, -0.1) is 11.8 Å². The molecule has 2 aromatic carbocycles. The van der Waals surface area contributed by atoms with Crippen molar-refractivity contribution in [3.8, 4) is 0 Å². The largest absolute Gasteiger partial charge is 0.354 e. The predicted molar refractivity (Wildman–Crippen MR) is 142 cm³/mol. The van der Waals surface area contributed by atoms with Crippen LogP contribution >= 0.6 is 58.2 Å². The maximum Gasteiger partial charge on any atom is 0.242 e. The van der Waals surface area contributed by atoms with Crippen molar-refractivity contribution >= 4 is 70.0 Å². The molecule has 1 unspecified atom stereocenters. The van der Waals surface area contributed by atoms with Crippen LogP contribution < -0.4 is 5.32 Å². The van der Waals surface area contributed by atoms with Gasteiger partial charge in [-0.3, -0.25) is 9.59 Å². The maximum atomic E-state index is 13.3. The van der Waals surface area contributed by atoms with E-state index in [0.29, 0.717) is 44.7 Å². The first-order valence-corrected chi connectivity index (χ1v) is 13.3. The summed E-state index contributed by atoms with van der Waals surface area (Å²) in [6, 6.07) is 9.84. The molecule has 0 fully saturated rings. The standard InChI is InChI=1S/C24H28Cl4N2O2S/c1-4-22(24(32)29-11-15(2)3)30(12-16-8-9-17(25)10-21(16)28)23(31)14-33-13-18-19(26)6-5-7-20(18)27/h5-10,15,22H,4,11-14H2,1-3H3,(H,29,32). The van der Waals surface area contributed by atoms with Crippen LogP contribution in [0.3, 0.4) is 0 Å². The number of hydrogen-bond donors (Lipinski definition) is 1. The van der Waals surface area contributed by atoms with Crippen molar-refractivity contribution < 1.29 is 9.59 Å². The van der Waals surface area contributed by atoms with Crippen LogP contribution in [0.2, 0.25) is 20.1 Å². The molecule has 0 aliphatic rings. The molecule has 0 spiro atoms. The number of amides is 2. The highest BCUT2D eigenvalue weighted by atomic mass is 35.5. The van der Waals surface area contributed by atoms with Gasteiger partial charge in [-0.25, -0.2) is 0 Å². The minimum absolute atomic E-state index is 0.166. The summed E-state index contributed by atoms with van der Waals surface area (Å²) in [5, 5.41) is 5.03. The quantitative estimate of drug-likeness (QED) is 0.325. The summed E-state index contributed by atoms with van der Waals surface area (Å²) in [4.78, 5) is 27.8. The lowest BCUT2D eigenvalue weighted by Gasteiger charge is -2.31. The number of carbonyl (C=O) groups is 2. The Balaban J connectivity index is 2.20. The van der Waals surface area contributed by atoms with Crippen LogP contribution in [0.25, 0.3) is 0 Å². The van der Waals surface area contributed by atoms with Gasteiger partial charge < -0.3 is 10.2 Å². The highest BCUT2D eigenvalue weighted by Gasteiger charge is 2.29. The van der Waals surface area contributed by atoms with Gasteiger partial charge in [-0.1, -0.05) is 79.3 Å². The van der Waals surface area contributed by atoms with Crippen LogP contribution in [0.4, 0.5) is 0 Å². The van der Waals surface area contributed by atoms with E-state index in [9.17, 15) is 9.59 Å². The van der Waals surface area contributed by atoms with Crippen LogP contribution in [0.15, 0.2) is 36.4 Å². The fraction of sp³-hybridized carbons (Fsp3) is 0.417. The van der Waals surface area contributed by atoms with E-state index in [1.54, 1.807) is 41.3 Å². The molecule has 0 aliphatic carbocycles. The molecule has 4 nitrogen and oxygen atoms in total. The van der Waals surface area contributed by atoms with Crippen LogP contribution in [0.5, 0.6) is 0 Å². The average Bonchev–Trinajstić information content (AvgIpc) is 2.75. The summed E-state index contributed by atoms with van der Waals surface area (Å²) in [5.74, 6) is 0.610. The van der Waals surface area contributed by atoms with E-state index >= 15 is 0 Å². The van der Waals surface area contributed by atoms with E-state index < -0.39 is 6.04 Å². The summed E-state index contributed by atoms with van der Waals surface area (Å²) >= 11 is 26.3. The Kier molecular flexibility index (Phi) is 11.7. The number of nitrogens with one attached hydrogen (secondary N) is 1. The smallest absolute Gasteiger partial charge is 0.242 e. The summed E-state index contributed by atoms with van der Waals surface area (Å²) < 4.78 is 0. The molecule has 0 bridgehead atoms. The minimum atomic E-state index is -0.618. The molecular formula is C24H28Cl4N2O2S. The average molecular weight is 550 g/mol. The second kappa shape index (κ2) is 13.7. The Morgan fingerprint density at radius 2 is 1.70 bits per heavy atom. The zero-order chi connectivity index (χ0) is 24.5. The summed E-state index contributed by atoms with van der Waals surface area (Å²) in [7, 11) is 0. The molecule has 0 aliphatic heterocycles. The van der Waals surface area contributed by atoms with Crippen LogP contribution in [0, 0.1) is 5.92 Å². The van der Waals surface area contributed by atoms with Crippen molar-refractivity contribution in [1.82, 2.24) is 10.2 Å². The second-order valence-electron chi connectivity index (χ2n) is 8.01. The van der Waals surface area contributed by atoms with Gasteiger partial charge in [-0.2, -0.15) is 0 Å². The van der Waals surface area contributed by atoms with Crippen LogP contribution in [-0.2, 0) is 21.9 Å². The molecule has 2 aromatic rings. The van der Waals surface area contributed by atoms with Gasteiger partial charge in [0.15, 0.2) is 0 Å². The lowest BCUT2D eigenvalue weighted by molar-refractivity contribution is -0.139. The van der Waals surface area contributed by atoms with Crippen LogP contribution in [0.1, 0.15) is 38.3 Å². The Hall–Kier alpha value is -1.11. The first-order chi connectivity index (χ1) is 15.6. The van der Waals surface area contributed by atoms with Gasteiger partial charge in [-0.05, 0) is 47.7 Å². The molecule has 0 aromatic heterocycles. The van der Waals surface area contributed by atoms with E-state index in [4.69, 9.17) is 46.4 Å². The van der Waals surface area contributed by atoms with Crippen molar-refractivity contribution in [3.05, 3.63) is 67.6 Å². The third-order valence-corrected chi connectivity index (χ3v) is 7.20. The lowest BCUT2D eigenvalue weighted by atomic mass is 10.1. The van der Waals surface area contributed by atoms with E-state index in [1.165, 1.54) is 11.8 Å². The monoisotopic (exact) mass is 548 g/mol. The molecule has 9 heteroatoms. The molecule has 0 saturated heterocycles. The Morgan fingerprint density at radius 1 is 1.03 bits per heavy atom. The zero-order valence-electron chi connectivity index (χ0n) is 18.8. The molecular weight excluding hydrogens is 522 g/mol. The third kappa shape index (κ3) is 8.56. The van der Waals surface area contributed by atoms with Gasteiger partial charge >= 0.3 is 0 Å². The Bertz CT molecular complexity index is 951. The van der Waals surface area contributed by atoms with Gasteiger partial charge in [0.1, 0.15) is 6.04 Å². The number of carbonyl (C=O) groups excluding carboxylic acids is 2. The zero-order valence-corrected chi connectivity index (χ0v) is 22.7. The number of thioether (sulfide) groups is 1. The van der Waals surface area contributed by atoms with E-state index in [-0.39, 0.29) is 24.1 Å². The van der Waals surface area contributed by atoms with Crippen molar-refractivity contribution in [2.24, 2.45) is 5.92 Å². The van der Waals surface area contributed by atoms with Crippen molar-refractivity contribution in [2.75, 3.05) is 12.3 Å². The number of rotatable bonds is 11. The fourth-order valence-electron chi connectivity index (χ4n) is 3.17. The summed E-state index contributed by atoms with van der Waals surface area (Å²) in [6.45, 7) is 6.68. The molecule has 0 heterocycles. The van der Waals surface area contributed by atoms with E-state index in [0.717, 1.165) is 11.1 Å². The number of hydrogen-bond acceptors (Lipinski definition) is 3. The number of benzene rings is 2. The molecule has 1 atom stereocenters. The van der Waals surface area contributed by atoms with Crippen molar-refractivity contribution in [2.45, 2.75) is 45.5 Å². The van der Waals surface area contributed by atoms with Crippen molar-refractivity contribution in [1.29, 1.82) is 0 Å². The summed E-state index contributed by atoms with van der Waals surface area (Å²) in [6.07, 6.45) is 0.474. The second-order valence-corrected chi connectivity index (χ2v) is 10.7. The topological polar surface area (TPSA) is 49.4 Å². The molecule has 2 amide bonds. The van der Waals surface area contributed by atoms with Gasteiger partial charge in [0.05, 0.1) is 5.75 Å². The molecule has 180 valence electrons. The third-order valence-electron chi connectivity index (χ3n) is 4.96. The van der Waals surface area contributed by atoms with Crippen LogP contribution in [-0.4, -0.2) is 35.1 Å². The van der Waals surface area contributed by atoms with Gasteiger partial charge in [0, 0.05) is 38.9 Å². The maximum absolute atomic E-state index is 13.3. The van der Waals surface area contributed by atoms with Gasteiger partial charge in [0.25, 0.3) is 0 Å². The van der Waals surface area contributed by atoms with Gasteiger partial charge in [0.2, 0.25) is 11.8 Å². The predicted octanol–water partition coefficient (Wildman–Crippen LogP) is 7.11. The normalized spacial score (nSPS) is 12.0. The van der Waals surface area contributed by atoms with E-state index in [1.807, 2.05) is 20.8 Å². The number of nitrogens with zero attached hydrogens (tertiary/aromatic N) is 1. The molecule has 2 rings (SSSR count). The molecule has 0 saturated carbocycles. The highest BCUT2D eigenvalue weighted by Crippen LogP contribution is 2.29. The SMILES string of the molecule is CCC(C(=O)NCC(C)C)N(Cc1ccc(Cl)cc1Cl)C(=O)CSCc1c(Cl)cccc1Cl. The van der Waals surface area contributed by atoms with E-state index in [2.05, 4.69) is 5.32 Å². The highest BCUT2D eigenvalue weighted by molar-refractivity contribution is 7.99. The molecule has 1 N–H and O–H groups in total. The lowest BCUT2D eigenvalue weighted by Crippen LogP contribution is -2.50. The molecule has 33 heavy (non-hydrogen) atoms. The minimum Gasteiger partial charge on any atom is -0.354 e. The van der Waals surface area contributed by atoms with Crippen molar-refractivity contribution in [3.63, 3.8) is 0 Å². The fourth-order valence-corrected chi connectivity index (χ4v) is 5.28. The Labute approximate surface area is 220 Å². The summed E-state index contributed by atoms with van der Waals surface area (Å²) in [5.41, 5.74) is 1.51. The number of halogens is 4. The Morgan fingerprint density at radius 3 is 2.27 bits per heavy atom. The first-order valence-electron chi connectivity index (χ1n) is 10.7. The first kappa shape index (κ1) is 28.1.